The topological polar surface area (TPSA) is 54.0 Å². The molecule has 1 aliphatic rings. The highest BCUT2D eigenvalue weighted by Crippen LogP contribution is 2.20. The number of rotatable bonds is 4. The van der Waals surface area contributed by atoms with E-state index in [1.54, 1.807) is 0 Å². The van der Waals surface area contributed by atoms with Crippen LogP contribution in [0.1, 0.15) is 27.9 Å². The molecule has 4 nitrogen and oxygen atoms in total. The van der Waals surface area contributed by atoms with Crippen molar-refractivity contribution in [2.75, 3.05) is 6.54 Å². The van der Waals surface area contributed by atoms with Gasteiger partial charge in [-0.25, -0.2) is 0 Å². The predicted octanol–water partition coefficient (Wildman–Crippen LogP) is 1.89. The summed E-state index contributed by atoms with van der Waals surface area (Å²) >= 11 is 0. The van der Waals surface area contributed by atoms with E-state index < -0.39 is 0 Å². The third kappa shape index (κ3) is 3.34. The van der Waals surface area contributed by atoms with Crippen LogP contribution in [-0.4, -0.2) is 17.4 Å². The van der Waals surface area contributed by atoms with Gasteiger partial charge in [0.1, 0.15) is 0 Å². The van der Waals surface area contributed by atoms with E-state index in [9.17, 15) is 4.79 Å². The van der Waals surface area contributed by atoms with Crippen molar-refractivity contribution in [1.29, 1.82) is 0 Å². The Labute approximate surface area is 131 Å². The Balaban J connectivity index is 1.67. The summed E-state index contributed by atoms with van der Waals surface area (Å²) in [5, 5.41) is 6.40. The van der Waals surface area contributed by atoms with Crippen molar-refractivity contribution in [1.82, 2.24) is 15.6 Å². The summed E-state index contributed by atoms with van der Waals surface area (Å²) in [4.78, 5) is 16.6. The molecule has 2 heterocycles. The number of amides is 1. The minimum Gasteiger partial charge on any atom is -0.352 e. The zero-order valence-electron chi connectivity index (χ0n) is 12.9. The van der Waals surface area contributed by atoms with Gasteiger partial charge in [0.25, 0.3) is 0 Å². The maximum absolute atomic E-state index is 12.1. The van der Waals surface area contributed by atoms with Crippen molar-refractivity contribution in [2.45, 2.75) is 32.9 Å². The molecule has 0 fully saturated rings. The van der Waals surface area contributed by atoms with E-state index in [1.165, 1.54) is 16.7 Å². The number of carbonyl (C=O) groups excluding carboxylic acids is 1. The van der Waals surface area contributed by atoms with Gasteiger partial charge < -0.3 is 10.6 Å². The molecule has 0 saturated carbocycles. The van der Waals surface area contributed by atoms with Crippen LogP contribution in [0, 0.1) is 6.92 Å². The van der Waals surface area contributed by atoms with Gasteiger partial charge in [-0.3, -0.25) is 9.78 Å². The third-order valence-corrected chi connectivity index (χ3v) is 4.14. The molecule has 3 rings (SSSR count). The molecule has 0 unspecified atom stereocenters. The summed E-state index contributed by atoms with van der Waals surface area (Å²) in [6.07, 6.45) is 3.37. The van der Waals surface area contributed by atoms with Crippen LogP contribution in [0.4, 0.5) is 0 Å². The number of aromatic nitrogens is 1. The Morgan fingerprint density at radius 3 is 2.95 bits per heavy atom. The number of carbonyl (C=O) groups is 1. The van der Waals surface area contributed by atoms with Gasteiger partial charge in [0, 0.05) is 25.0 Å². The molecule has 1 amide bonds. The number of aryl methyl sites for hydroxylation is 1. The minimum absolute atomic E-state index is 0.0529. The molecular weight excluding hydrogens is 274 g/mol. The average molecular weight is 295 g/mol. The van der Waals surface area contributed by atoms with Crippen LogP contribution < -0.4 is 10.6 Å². The number of hydrogen-bond donors (Lipinski definition) is 2. The van der Waals surface area contributed by atoms with E-state index in [1.807, 2.05) is 43.5 Å². The maximum Gasteiger partial charge on any atom is 0.224 e. The number of fused-ring (bicyclic) bond motifs is 1. The minimum atomic E-state index is 0.0529. The molecule has 2 N–H and O–H groups in total. The molecule has 4 heteroatoms. The fourth-order valence-corrected chi connectivity index (χ4v) is 2.91. The molecule has 1 aromatic heterocycles. The fourth-order valence-electron chi connectivity index (χ4n) is 2.91. The molecule has 0 atom stereocenters. The standard InChI is InChI=1S/C18H21N3O/c1-13-17(16-7-8-19-10-15(16)11-20-13)12-21-18(22)9-14-5-3-2-4-6-14/h2-6,11,19H,7-10,12H2,1H3,(H,21,22). The van der Waals surface area contributed by atoms with Crippen molar-refractivity contribution in [2.24, 2.45) is 0 Å². The van der Waals surface area contributed by atoms with Gasteiger partial charge in [0.2, 0.25) is 5.91 Å². The smallest absolute Gasteiger partial charge is 0.224 e. The summed E-state index contributed by atoms with van der Waals surface area (Å²) < 4.78 is 0. The van der Waals surface area contributed by atoms with Crippen molar-refractivity contribution in [3.05, 3.63) is 64.5 Å². The Hall–Kier alpha value is -2.20. The molecule has 0 bridgehead atoms. The zero-order valence-corrected chi connectivity index (χ0v) is 12.9. The second-order valence-electron chi connectivity index (χ2n) is 5.69. The summed E-state index contributed by atoms with van der Waals surface area (Å²) in [5.41, 5.74) is 5.84. The number of hydrogen-bond acceptors (Lipinski definition) is 3. The van der Waals surface area contributed by atoms with Crippen LogP contribution >= 0.6 is 0 Å². The average Bonchev–Trinajstić information content (AvgIpc) is 2.55. The molecule has 1 aliphatic heterocycles. The molecular formula is C18H21N3O. The number of pyridine rings is 1. The Kier molecular flexibility index (Phi) is 4.49. The molecule has 0 saturated heterocycles. The molecule has 22 heavy (non-hydrogen) atoms. The van der Waals surface area contributed by atoms with Crippen molar-refractivity contribution < 1.29 is 4.79 Å². The van der Waals surface area contributed by atoms with E-state index in [-0.39, 0.29) is 5.91 Å². The van der Waals surface area contributed by atoms with E-state index in [0.717, 1.165) is 30.8 Å². The first-order valence-corrected chi connectivity index (χ1v) is 7.71. The summed E-state index contributed by atoms with van der Waals surface area (Å²) in [5.74, 6) is 0.0529. The van der Waals surface area contributed by atoms with Crippen LogP contribution in [0.5, 0.6) is 0 Å². The van der Waals surface area contributed by atoms with Crippen LogP contribution in [-0.2, 0) is 30.7 Å². The monoisotopic (exact) mass is 295 g/mol. The van der Waals surface area contributed by atoms with Gasteiger partial charge in [-0.15, -0.1) is 0 Å². The van der Waals surface area contributed by atoms with E-state index in [0.29, 0.717) is 13.0 Å². The Bertz CT molecular complexity index is 668. The molecule has 0 aliphatic carbocycles. The lowest BCUT2D eigenvalue weighted by Gasteiger charge is -2.21. The third-order valence-electron chi connectivity index (χ3n) is 4.14. The van der Waals surface area contributed by atoms with Crippen LogP contribution in [0.25, 0.3) is 0 Å². The van der Waals surface area contributed by atoms with Crippen molar-refractivity contribution in [3.63, 3.8) is 0 Å². The fraction of sp³-hybridized carbons (Fsp3) is 0.333. The van der Waals surface area contributed by atoms with E-state index in [4.69, 9.17) is 0 Å². The molecule has 0 spiro atoms. The second-order valence-corrected chi connectivity index (χ2v) is 5.69. The lowest BCUT2D eigenvalue weighted by atomic mass is 9.96. The second kappa shape index (κ2) is 6.71. The highest BCUT2D eigenvalue weighted by Gasteiger charge is 2.16. The highest BCUT2D eigenvalue weighted by atomic mass is 16.1. The lowest BCUT2D eigenvalue weighted by molar-refractivity contribution is -0.120. The normalized spacial score (nSPS) is 13.5. The van der Waals surface area contributed by atoms with Crippen molar-refractivity contribution in [3.8, 4) is 0 Å². The van der Waals surface area contributed by atoms with Gasteiger partial charge in [0.05, 0.1) is 6.42 Å². The molecule has 1 aromatic carbocycles. The molecule has 2 aromatic rings. The van der Waals surface area contributed by atoms with Crippen LogP contribution in [0.3, 0.4) is 0 Å². The van der Waals surface area contributed by atoms with Gasteiger partial charge in [-0.2, -0.15) is 0 Å². The summed E-state index contributed by atoms with van der Waals surface area (Å²) in [6.45, 7) is 4.43. The molecule has 114 valence electrons. The summed E-state index contributed by atoms with van der Waals surface area (Å²) in [7, 11) is 0. The van der Waals surface area contributed by atoms with Gasteiger partial charge >= 0.3 is 0 Å². The van der Waals surface area contributed by atoms with Gasteiger partial charge in [-0.1, -0.05) is 30.3 Å². The van der Waals surface area contributed by atoms with Crippen molar-refractivity contribution >= 4 is 5.91 Å². The first-order chi connectivity index (χ1) is 10.7. The first kappa shape index (κ1) is 14.7. The van der Waals surface area contributed by atoms with Crippen LogP contribution in [0.15, 0.2) is 36.5 Å². The molecule has 0 radical (unpaired) electrons. The first-order valence-electron chi connectivity index (χ1n) is 7.71. The number of nitrogens with one attached hydrogen (secondary N) is 2. The zero-order chi connectivity index (χ0) is 15.4. The van der Waals surface area contributed by atoms with Gasteiger partial charge in [-0.05, 0) is 42.1 Å². The Morgan fingerprint density at radius 1 is 1.32 bits per heavy atom. The van der Waals surface area contributed by atoms with E-state index in [2.05, 4.69) is 15.6 Å². The van der Waals surface area contributed by atoms with Crippen LogP contribution in [0.2, 0.25) is 0 Å². The predicted molar refractivity (Wildman–Crippen MR) is 86.4 cm³/mol. The maximum atomic E-state index is 12.1. The quantitative estimate of drug-likeness (QED) is 0.906. The Morgan fingerprint density at radius 2 is 2.14 bits per heavy atom. The number of benzene rings is 1. The SMILES string of the molecule is Cc1ncc2c(c1CNC(=O)Cc1ccccc1)CCNC2. The summed E-state index contributed by atoms with van der Waals surface area (Å²) in [6, 6.07) is 9.82. The largest absolute Gasteiger partial charge is 0.352 e. The lowest BCUT2D eigenvalue weighted by Crippen LogP contribution is -2.29. The van der Waals surface area contributed by atoms with Gasteiger partial charge in [0.15, 0.2) is 0 Å². The highest BCUT2D eigenvalue weighted by molar-refractivity contribution is 5.78. The number of nitrogens with zero attached hydrogens (tertiary/aromatic N) is 1. The van der Waals surface area contributed by atoms with E-state index >= 15 is 0 Å².